The van der Waals surface area contributed by atoms with Gasteiger partial charge in [-0.25, -0.2) is 0 Å². The van der Waals surface area contributed by atoms with E-state index in [0.29, 0.717) is 12.0 Å². The lowest BCUT2D eigenvalue weighted by Crippen LogP contribution is -2.50. The number of rotatable bonds is 1. The number of hydrogen-bond acceptors (Lipinski definition) is 2. The highest BCUT2D eigenvalue weighted by Gasteiger charge is 2.34. The monoisotopic (exact) mass is 370 g/mol. The van der Waals surface area contributed by atoms with Crippen LogP contribution in [0.3, 0.4) is 0 Å². The zero-order valence-electron chi connectivity index (χ0n) is 12.7. The Balaban J connectivity index is 0.000000960. The number of benzene rings is 2. The Hall–Kier alpha value is -0.770. The van der Waals surface area contributed by atoms with Gasteiger partial charge in [-0.2, -0.15) is 0 Å². The van der Waals surface area contributed by atoms with Crippen LogP contribution in [0.25, 0.3) is 0 Å². The van der Waals surface area contributed by atoms with Crippen molar-refractivity contribution >= 4 is 36.4 Å². The van der Waals surface area contributed by atoms with Crippen molar-refractivity contribution in [1.29, 1.82) is 0 Å². The molecule has 0 saturated carbocycles. The summed E-state index contributed by atoms with van der Waals surface area (Å²) in [4.78, 5) is 2.62. The summed E-state index contributed by atoms with van der Waals surface area (Å²) in [5, 5.41) is 4.34. The van der Waals surface area contributed by atoms with Gasteiger partial charge < -0.3 is 5.32 Å². The SMILES string of the molecule is Cl.Cl.Clc1ccc([C@@H]2CN3CCNC[C@@H]3c3ccccc32)cc1. The molecule has 5 heteroatoms. The number of fused-ring (bicyclic) bond motifs is 3. The first-order valence-electron chi connectivity index (χ1n) is 7.62. The van der Waals surface area contributed by atoms with Gasteiger partial charge in [0.2, 0.25) is 0 Å². The Morgan fingerprint density at radius 2 is 1.65 bits per heavy atom. The average Bonchev–Trinajstić information content (AvgIpc) is 2.55. The van der Waals surface area contributed by atoms with E-state index in [-0.39, 0.29) is 24.8 Å². The lowest BCUT2D eigenvalue weighted by atomic mass is 9.81. The van der Waals surface area contributed by atoms with Gasteiger partial charge in [-0.1, -0.05) is 48.0 Å². The van der Waals surface area contributed by atoms with Crippen molar-refractivity contribution in [3.05, 3.63) is 70.2 Å². The predicted molar refractivity (Wildman–Crippen MR) is 101 cm³/mol. The fourth-order valence-corrected chi connectivity index (χ4v) is 3.84. The molecule has 124 valence electrons. The second-order valence-corrected chi connectivity index (χ2v) is 6.38. The molecule has 0 radical (unpaired) electrons. The van der Waals surface area contributed by atoms with Gasteiger partial charge in [0.05, 0.1) is 0 Å². The van der Waals surface area contributed by atoms with E-state index in [1.165, 1.54) is 16.7 Å². The van der Waals surface area contributed by atoms with Crippen LogP contribution in [-0.4, -0.2) is 31.1 Å². The van der Waals surface area contributed by atoms with Gasteiger partial charge in [0.25, 0.3) is 0 Å². The van der Waals surface area contributed by atoms with E-state index in [1.807, 2.05) is 12.1 Å². The maximum Gasteiger partial charge on any atom is 0.0476 e. The van der Waals surface area contributed by atoms with Crippen molar-refractivity contribution in [1.82, 2.24) is 10.2 Å². The zero-order valence-corrected chi connectivity index (χ0v) is 15.1. The fourth-order valence-electron chi connectivity index (χ4n) is 3.72. The third-order valence-electron chi connectivity index (χ3n) is 4.77. The summed E-state index contributed by atoms with van der Waals surface area (Å²) in [6.45, 7) is 4.38. The largest absolute Gasteiger partial charge is 0.314 e. The zero-order chi connectivity index (χ0) is 14.2. The molecule has 0 aliphatic carbocycles. The number of piperazine rings is 1. The van der Waals surface area contributed by atoms with Crippen molar-refractivity contribution in [3.8, 4) is 0 Å². The third-order valence-corrected chi connectivity index (χ3v) is 5.03. The van der Waals surface area contributed by atoms with Gasteiger partial charge in [0, 0.05) is 43.2 Å². The minimum atomic E-state index is 0. The van der Waals surface area contributed by atoms with Crippen molar-refractivity contribution in [3.63, 3.8) is 0 Å². The minimum Gasteiger partial charge on any atom is -0.314 e. The van der Waals surface area contributed by atoms with E-state index in [1.54, 1.807) is 0 Å². The van der Waals surface area contributed by atoms with E-state index in [2.05, 4.69) is 46.6 Å². The molecule has 23 heavy (non-hydrogen) atoms. The molecule has 2 nitrogen and oxygen atoms in total. The molecule has 2 aromatic carbocycles. The number of nitrogens with one attached hydrogen (secondary N) is 1. The third kappa shape index (κ3) is 3.52. The van der Waals surface area contributed by atoms with Crippen LogP contribution in [0.5, 0.6) is 0 Å². The molecule has 2 aliphatic rings. The molecule has 1 fully saturated rings. The Bertz CT molecular complexity index is 645. The summed E-state index contributed by atoms with van der Waals surface area (Å²) < 4.78 is 0. The Morgan fingerprint density at radius 1 is 0.957 bits per heavy atom. The first-order valence-corrected chi connectivity index (χ1v) is 8.00. The number of halogens is 3. The predicted octanol–water partition coefficient (Wildman–Crippen LogP) is 4.28. The van der Waals surface area contributed by atoms with Crippen molar-refractivity contribution in [2.45, 2.75) is 12.0 Å². The highest BCUT2D eigenvalue weighted by Crippen LogP contribution is 2.39. The molecule has 2 atom stereocenters. The van der Waals surface area contributed by atoms with Crippen LogP contribution in [0.1, 0.15) is 28.7 Å². The Morgan fingerprint density at radius 3 is 2.39 bits per heavy atom. The summed E-state index contributed by atoms with van der Waals surface area (Å²) in [7, 11) is 0. The molecule has 0 aromatic heterocycles. The molecule has 0 amide bonds. The number of nitrogens with zero attached hydrogens (tertiary/aromatic N) is 1. The molecule has 4 rings (SSSR count). The maximum absolute atomic E-state index is 6.04. The molecule has 2 heterocycles. The fraction of sp³-hybridized carbons (Fsp3) is 0.333. The topological polar surface area (TPSA) is 15.3 Å². The molecular weight excluding hydrogens is 351 g/mol. The molecule has 1 saturated heterocycles. The molecule has 0 spiro atoms. The van der Waals surface area contributed by atoms with E-state index < -0.39 is 0 Å². The quantitative estimate of drug-likeness (QED) is 0.805. The van der Waals surface area contributed by atoms with Gasteiger partial charge in [-0.15, -0.1) is 24.8 Å². The Kier molecular flexibility index (Phi) is 6.35. The lowest BCUT2D eigenvalue weighted by molar-refractivity contribution is 0.143. The highest BCUT2D eigenvalue weighted by atomic mass is 35.5. The normalized spacial score (nSPS) is 23.0. The van der Waals surface area contributed by atoms with E-state index >= 15 is 0 Å². The summed E-state index contributed by atoms with van der Waals surface area (Å²) >= 11 is 6.04. The molecule has 1 N–H and O–H groups in total. The Labute approximate surface area is 155 Å². The van der Waals surface area contributed by atoms with Crippen molar-refractivity contribution < 1.29 is 0 Å². The highest BCUT2D eigenvalue weighted by molar-refractivity contribution is 6.30. The summed E-state index contributed by atoms with van der Waals surface area (Å²) in [5.41, 5.74) is 4.32. The summed E-state index contributed by atoms with van der Waals surface area (Å²) in [6, 6.07) is 17.8. The minimum absolute atomic E-state index is 0. The molecule has 0 unspecified atom stereocenters. The molecule has 0 bridgehead atoms. The second-order valence-electron chi connectivity index (χ2n) is 5.95. The van der Waals surface area contributed by atoms with Crippen LogP contribution >= 0.6 is 36.4 Å². The lowest BCUT2D eigenvalue weighted by Gasteiger charge is -2.44. The summed E-state index contributed by atoms with van der Waals surface area (Å²) in [6.07, 6.45) is 0. The van der Waals surface area contributed by atoms with Crippen LogP contribution < -0.4 is 5.32 Å². The van der Waals surface area contributed by atoms with Gasteiger partial charge in [0.1, 0.15) is 0 Å². The van der Waals surface area contributed by atoms with Gasteiger partial charge in [-0.3, -0.25) is 4.90 Å². The van der Waals surface area contributed by atoms with Crippen LogP contribution in [0, 0.1) is 0 Å². The van der Waals surface area contributed by atoms with Gasteiger partial charge >= 0.3 is 0 Å². The standard InChI is InChI=1S/C18H19ClN2.2ClH/c19-14-7-5-13(6-8-14)17-12-21-10-9-20-11-18(21)16-4-2-1-3-15(16)17;;/h1-8,17-18,20H,9-12H2;2*1H/t17-,18+;;/m0../s1. The van der Waals surface area contributed by atoms with Crippen molar-refractivity contribution in [2.75, 3.05) is 26.2 Å². The summed E-state index contributed by atoms with van der Waals surface area (Å²) in [5.74, 6) is 0.452. The maximum atomic E-state index is 6.04. The molecular formula is C18H21Cl3N2. The van der Waals surface area contributed by atoms with E-state index in [9.17, 15) is 0 Å². The van der Waals surface area contributed by atoms with Crippen molar-refractivity contribution in [2.24, 2.45) is 0 Å². The van der Waals surface area contributed by atoms with Gasteiger partial charge in [-0.05, 0) is 28.8 Å². The van der Waals surface area contributed by atoms with Crippen LogP contribution in [0.2, 0.25) is 5.02 Å². The van der Waals surface area contributed by atoms with Crippen LogP contribution in [0.15, 0.2) is 48.5 Å². The average molecular weight is 372 g/mol. The van der Waals surface area contributed by atoms with Crippen LogP contribution in [-0.2, 0) is 0 Å². The molecule has 2 aromatic rings. The van der Waals surface area contributed by atoms with E-state index in [0.717, 1.165) is 31.2 Å². The van der Waals surface area contributed by atoms with E-state index in [4.69, 9.17) is 11.6 Å². The first kappa shape index (κ1) is 18.6. The van der Waals surface area contributed by atoms with Gasteiger partial charge in [0.15, 0.2) is 0 Å². The first-order chi connectivity index (χ1) is 10.3. The number of hydrogen-bond donors (Lipinski definition) is 1. The second kappa shape index (κ2) is 7.87. The smallest absolute Gasteiger partial charge is 0.0476 e. The molecule has 2 aliphatic heterocycles. The van der Waals surface area contributed by atoms with Crippen LogP contribution in [0.4, 0.5) is 0 Å².